The lowest BCUT2D eigenvalue weighted by Crippen LogP contribution is -2.00. The van der Waals surface area contributed by atoms with Crippen LogP contribution in [0, 0.1) is 0 Å². The third-order valence-electron chi connectivity index (χ3n) is 23.6. The first kappa shape index (κ1) is 76.6. The van der Waals surface area contributed by atoms with Crippen molar-refractivity contribution in [1.82, 2.24) is 54.4 Å². The highest BCUT2D eigenvalue weighted by Crippen LogP contribution is 2.43. The van der Waals surface area contributed by atoms with Crippen LogP contribution < -0.4 is 0 Å². The second-order valence-electron chi connectivity index (χ2n) is 31.7. The van der Waals surface area contributed by atoms with Gasteiger partial charge in [0, 0.05) is 88.6 Å². The summed E-state index contributed by atoms with van der Waals surface area (Å²) in [5.74, 6) is 4.90. The van der Waals surface area contributed by atoms with Crippen LogP contribution in [0.2, 0.25) is 0 Å². The zero-order valence-corrected chi connectivity index (χ0v) is 70.2. The molecule has 0 aliphatic carbocycles. The fourth-order valence-electron chi connectivity index (χ4n) is 17.3. The van der Waals surface area contributed by atoms with Crippen LogP contribution >= 0.6 is 11.3 Å². The molecule has 19 aromatic carbocycles. The number of hydrogen-bond donors (Lipinski definition) is 0. The Bertz CT molecular complexity index is 8330. The summed E-state index contributed by atoms with van der Waals surface area (Å²) >= 11 is 1.73. The zero-order chi connectivity index (χ0) is 85.5. The van der Waals surface area contributed by atoms with Crippen LogP contribution in [0.5, 0.6) is 0 Å². The summed E-state index contributed by atoms with van der Waals surface area (Å²) in [5, 5.41) is 14.6. The van der Waals surface area contributed by atoms with Gasteiger partial charge in [-0.05, 0) is 121 Å². The number of aromatic nitrogens is 11. The van der Waals surface area contributed by atoms with Gasteiger partial charge in [0.25, 0.3) is 0 Å². The van der Waals surface area contributed by atoms with Crippen molar-refractivity contribution < 1.29 is 4.42 Å². The van der Waals surface area contributed by atoms with Crippen molar-refractivity contribution in [2.24, 2.45) is 0 Å². The van der Waals surface area contributed by atoms with E-state index in [9.17, 15) is 0 Å². The van der Waals surface area contributed by atoms with Crippen molar-refractivity contribution >= 4 is 108 Å². The van der Waals surface area contributed by atoms with Crippen LogP contribution in [0.1, 0.15) is 0 Å². The standard InChI is InChI=1S/C43H28N4.C37H23N3O.C36H22N4S/c1-5-13-29(14-6-1)37-28-38(30-15-7-2-8-16-30)45-42(44-37)34-23-25-36-33(27-34)22-21-31-24-26-39-41(40(31)36)46-43(32-17-9-3-10-18-32)47(39)35-19-11-4-12-20-35;1-4-10-24(11-5-1)31-23-32(25-12-6-2-7-13-25)39-36(38-31)29-18-20-30-28(22-29)17-16-26-19-21-33-35(34(26)30)40-37(41-33)27-14-8-3-9-15-27;1-4-10-25(11-5-1)33-38-34(26-12-6-2-7-13-26)40-35(39-33)28-19-17-23-16-18-24-20-21-30-32(31(24)29(23)22-28)37-36(41-30)27-14-8-3-9-15-27/h1-28H;1-23H;1-22H. The van der Waals surface area contributed by atoms with Crippen molar-refractivity contribution in [3.63, 3.8) is 0 Å². The Hall–Kier alpha value is -17.3. The van der Waals surface area contributed by atoms with E-state index in [4.69, 9.17) is 54.3 Å². The number of oxazole rings is 1. The zero-order valence-electron chi connectivity index (χ0n) is 69.4. The number of fused-ring (bicyclic) bond motifs is 15. The van der Waals surface area contributed by atoms with E-state index in [0.29, 0.717) is 35.0 Å². The molecule has 13 heteroatoms. The van der Waals surface area contributed by atoms with Crippen LogP contribution in [0.4, 0.5) is 0 Å². The smallest absolute Gasteiger partial charge is 0.227 e. The van der Waals surface area contributed by atoms with Gasteiger partial charge >= 0.3 is 0 Å². The molecule has 25 aromatic rings. The van der Waals surface area contributed by atoms with E-state index in [2.05, 4.69) is 259 Å². The molecule has 0 radical (unpaired) electrons. The van der Waals surface area contributed by atoms with Crippen LogP contribution in [-0.2, 0) is 0 Å². The average molecular weight is 1670 g/mol. The summed E-state index contributed by atoms with van der Waals surface area (Å²) in [6.45, 7) is 0. The molecule has 129 heavy (non-hydrogen) atoms. The largest absolute Gasteiger partial charge is 0.436 e. The van der Waals surface area contributed by atoms with Gasteiger partial charge < -0.3 is 4.42 Å². The van der Waals surface area contributed by atoms with Gasteiger partial charge in [0.15, 0.2) is 34.7 Å². The Balaban J connectivity index is 0.000000111. The molecule has 0 unspecified atom stereocenters. The summed E-state index contributed by atoms with van der Waals surface area (Å²) < 4.78 is 9.63. The number of imidazole rings is 1. The van der Waals surface area contributed by atoms with Crippen molar-refractivity contribution in [1.29, 1.82) is 0 Å². The number of para-hydroxylation sites is 1. The van der Waals surface area contributed by atoms with Gasteiger partial charge in [-0.3, -0.25) is 4.57 Å². The summed E-state index contributed by atoms with van der Waals surface area (Å²) in [4.78, 5) is 50.4. The molecule has 0 amide bonds. The molecule has 604 valence electrons. The molecular formula is C116H73N11OS. The highest BCUT2D eigenvalue weighted by Gasteiger charge is 2.23. The minimum Gasteiger partial charge on any atom is -0.436 e. The van der Waals surface area contributed by atoms with E-state index in [1.54, 1.807) is 11.3 Å². The Morgan fingerprint density at radius 2 is 0.558 bits per heavy atom. The van der Waals surface area contributed by atoms with Gasteiger partial charge in [-0.25, -0.2) is 49.8 Å². The van der Waals surface area contributed by atoms with Crippen LogP contribution in [0.15, 0.2) is 447 Å². The third-order valence-corrected chi connectivity index (χ3v) is 24.7. The van der Waals surface area contributed by atoms with Crippen LogP contribution in [-0.4, -0.2) is 54.4 Å². The molecule has 25 rings (SSSR count). The van der Waals surface area contributed by atoms with Crippen LogP contribution in [0.3, 0.4) is 0 Å². The molecule has 0 N–H and O–H groups in total. The SMILES string of the molecule is c1ccc(-c2cc(-c3ccccc3)nc(-c3ccc4c(ccc5ccc6c(nc(-c7ccccc7)n6-c6ccccc6)c54)c3)n2)cc1.c1ccc(-c2cc(-c3ccccc3)nc(-c3ccc4c(ccc5ccc6oc(-c7ccccc7)nc6c54)c3)n2)cc1.c1ccc(-c2nc(-c3ccccc3)nc(-c3ccc4ccc5ccc6sc(-c7ccccc7)nc6c5c4c3)n2)cc1. The molecule has 0 atom stereocenters. The normalized spacial score (nSPS) is 11.4. The van der Waals surface area contributed by atoms with Gasteiger partial charge in [0.1, 0.15) is 16.3 Å². The molecule has 0 fully saturated rings. The minimum absolute atomic E-state index is 0.626. The van der Waals surface area contributed by atoms with Crippen molar-refractivity contribution in [3.8, 4) is 141 Å². The Labute approximate surface area is 745 Å². The molecule has 0 saturated carbocycles. The second-order valence-corrected chi connectivity index (χ2v) is 32.8. The van der Waals surface area contributed by atoms with Gasteiger partial charge in [-0.2, -0.15) is 0 Å². The number of rotatable bonds is 13. The molecule has 12 nitrogen and oxygen atoms in total. The predicted molar refractivity (Wildman–Crippen MR) is 530 cm³/mol. The summed E-state index contributed by atoms with van der Waals surface area (Å²) in [5.41, 5.74) is 21.6. The molecule has 6 aromatic heterocycles. The first-order chi connectivity index (χ1) is 63.9. The summed E-state index contributed by atoms with van der Waals surface area (Å²) in [6.07, 6.45) is 0. The fraction of sp³-hybridized carbons (Fsp3) is 0. The van der Waals surface area contributed by atoms with E-state index in [0.717, 1.165) is 198 Å². The molecule has 0 aliphatic rings. The molecule has 0 bridgehead atoms. The minimum atomic E-state index is 0.626. The van der Waals surface area contributed by atoms with Gasteiger partial charge in [0.05, 0.1) is 44.0 Å². The summed E-state index contributed by atoms with van der Waals surface area (Å²) in [7, 11) is 0. The van der Waals surface area contributed by atoms with Crippen molar-refractivity contribution in [2.75, 3.05) is 0 Å². The fourth-order valence-corrected chi connectivity index (χ4v) is 18.3. The highest BCUT2D eigenvalue weighted by atomic mass is 32.1. The third kappa shape index (κ3) is 15.0. The average Bonchev–Trinajstić information content (AvgIpc) is 1.63. The number of hydrogen-bond acceptors (Lipinski definition) is 12. The molecule has 0 spiro atoms. The lowest BCUT2D eigenvalue weighted by molar-refractivity contribution is 0.620. The highest BCUT2D eigenvalue weighted by molar-refractivity contribution is 7.21. The topological polar surface area (TPSA) is 147 Å². The van der Waals surface area contributed by atoms with E-state index < -0.39 is 0 Å². The quantitative estimate of drug-likeness (QED) is 0.102. The monoisotopic (exact) mass is 1670 g/mol. The molecule has 0 aliphatic heterocycles. The van der Waals surface area contributed by atoms with E-state index in [1.165, 1.54) is 4.70 Å². The van der Waals surface area contributed by atoms with E-state index in [-0.39, 0.29) is 0 Å². The van der Waals surface area contributed by atoms with E-state index in [1.807, 2.05) is 188 Å². The maximum Gasteiger partial charge on any atom is 0.227 e. The van der Waals surface area contributed by atoms with Gasteiger partial charge in [0.2, 0.25) is 5.89 Å². The van der Waals surface area contributed by atoms with E-state index >= 15 is 0 Å². The number of benzene rings is 19. The Morgan fingerprint density at radius 3 is 1.04 bits per heavy atom. The lowest BCUT2D eigenvalue weighted by Gasteiger charge is -2.11. The van der Waals surface area contributed by atoms with Crippen molar-refractivity contribution in [3.05, 3.63) is 443 Å². The predicted octanol–water partition coefficient (Wildman–Crippen LogP) is 29.8. The lowest BCUT2D eigenvalue weighted by atomic mass is 9.98. The van der Waals surface area contributed by atoms with Crippen molar-refractivity contribution in [2.45, 2.75) is 0 Å². The van der Waals surface area contributed by atoms with Crippen LogP contribution in [0.25, 0.3) is 238 Å². The second kappa shape index (κ2) is 33.4. The molecule has 6 heterocycles. The summed E-state index contributed by atoms with van der Waals surface area (Å²) in [6, 6.07) is 152. The maximum absolute atomic E-state index is 6.18. The first-order valence-electron chi connectivity index (χ1n) is 42.9. The van der Waals surface area contributed by atoms with Gasteiger partial charge in [-0.1, -0.05) is 370 Å². The number of nitrogens with zero attached hydrogens (tertiary/aromatic N) is 11. The molecule has 0 saturated heterocycles. The maximum atomic E-state index is 6.18. The number of thiazole rings is 1. The van der Waals surface area contributed by atoms with Gasteiger partial charge in [-0.15, -0.1) is 11.3 Å². The Kier molecular flexibility index (Phi) is 19.9. The molecular weight excluding hydrogens is 1600 g/mol. The first-order valence-corrected chi connectivity index (χ1v) is 43.7. The Morgan fingerprint density at radius 1 is 0.209 bits per heavy atom.